The summed E-state index contributed by atoms with van der Waals surface area (Å²) in [4.78, 5) is 12.5. The number of carbonyl (C=O) groups excluding carboxylic acids is 1. The summed E-state index contributed by atoms with van der Waals surface area (Å²) in [5, 5.41) is 2.85. The fraction of sp³-hybridized carbons (Fsp3) is 0.350. The van der Waals surface area contributed by atoms with Gasteiger partial charge in [-0.3, -0.25) is 9.10 Å². The molecule has 2 aromatic rings. The molecular weight excluding hydrogens is 348 g/mol. The summed E-state index contributed by atoms with van der Waals surface area (Å²) in [5.41, 5.74) is 3.13. The first-order valence-electron chi connectivity index (χ1n) is 8.87. The van der Waals surface area contributed by atoms with Crippen LogP contribution in [-0.4, -0.2) is 26.9 Å². The summed E-state index contributed by atoms with van der Waals surface area (Å²) < 4.78 is 27.7. The van der Waals surface area contributed by atoms with E-state index in [-0.39, 0.29) is 16.8 Å². The van der Waals surface area contributed by atoms with Crippen molar-refractivity contribution in [2.75, 3.05) is 10.8 Å². The van der Waals surface area contributed by atoms with Gasteiger partial charge in [0.05, 0.1) is 10.6 Å². The van der Waals surface area contributed by atoms with Gasteiger partial charge < -0.3 is 5.32 Å². The Labute approximate surface area is 155 Å². The van der Waals surface area contributed by atoms with Crippen LogP contribution in [0.25, 0.3) is 0 Å². The average molecular weight is 372 g/mol. The number of sulfonamides is 1. The van der Waals surface area contributed by atoms with Crippen molar-refractivity contribution >= 4 is 21.6 Å². The molecule has 0 bridgehead atoms. The van der Waals surface area contributed by atoms with Crippen LogP contribution in [0.3, 0.4) is 0 Å². The summed E-state index contributed by atoms with van der Waals surface area (Å²) in [6, 6.07) is 11.9. The third-order valence-electron chi connectivity index (χ3n) is 4.61. The third kappa shape index (κ3) is 3.33. The maximum absolute atomic E-state index is 13.1. The van der Waals surface area contributed by atoms with Gasteiger partial charge in [0.25, 0.3) is 15.9 Å². The number of carbonyl (C=O) groups is 1. The number of hydrogen-bond acceptors (Lipinski definition) is 3. The highest BCUT2D eigenvalue weighted by Crippen LogP contribution is 2.37. The number of fused-ring (bicyclic) bond motifs is 1. The van der Waals surface area contributed by atoms with Crippen molar-refractivity contribution in [2.24, 2.45) is 0 Å². The minimum absolute atomic E-state index is 0.123. The summed E-state index contributed by atoms with van der Waals surface area (Å²) in [6.45, 7) is 6.44. The predicted octanol–water partition coefficient (Wildman–Crippen LogP) is 3.27. The van der Waals surface area contributed by atoms with E-state index >= 15 is 0 Å². The Bertz CT molecular complexity index is 921. The molecule has 2 aromatic carbocycles. The highest BCUT2D eigenvalue weighted by Gasteiger charge is 2.36. The molecule has 1 aliphatic heterocycles. The monoisotopic (exact) mass is 372 g/mol. The first kappa shape index (κ1) is 18.5. The number of aryl methyl sites for hydroxylation is 1. The Morgan fingerprint density at radius 3 is 2.54 bits per heavy atom. The molecule has 0 aromatic heterocycles. The summed E-state index contributed by atoms with van der Waals surface area (Å²) >= 11 is 0. The van der Waals surface area contributed by atoms with E-state index in [0.717, 1.165) is 17.5 Å². The standard InChI is InChI=1S/C20H24N2O3S/c1-4-11-21-20(23)16-7-10-19-17(13-16)12-15(3)22(19)26(24,25)18-8-5-14(2)6-9-18/h5-10,13,15H,4,11-12H2,1-3H3,(H,21,23)/t15-/m0/s1. The molecule has 0 spiro atoms. The maximum Gasteiger partial charge on any atom is 0.264 e. The first-order chi connectivity index (χ1) is 12.3. The van der Waals surface area contributed by atoms with Gasteiger partial charge in [0.2, 0.25) is 0 Å². The van der Waals surface area contributed by atoms with Crippen molar-refractivity contribution in [1.82, 2.24) is 5.32 Å². The SMILES string of the molecule is CCCNC(=O)c1ccc2c(c1)C[C@H](C)N2S(=O)(=O)c1ccc(C)cc1. The molecule has 26 heavy (non-hydrogen) atoms. The second-order valence-corrected chi connectivity index (χ2v) is 8.58. The van der Waals surface area contributed by atoms with Crippen LogP contribution >= 0.6 is 0 Å². The van der Waals surface area contributed by atoms with E-state index in [1.165, 1.54) is 4.31 Å². The predicted molar refractivity (Wildman–Crippen MR) is 103 cm³/mol. The molecule has 1 heterocycles. The van der Waals surface area contributed by atoms with Gasteiger partial charge in [-0.1, -0.05) is 24.6 Å². The highest BCUT2D eigenvalue weighted by molar-refractivity contribution is 7.92. The lowest BCUT2D eigenvalue weighted by Gasteiger charge is -2.24. The van der Waals surface area contributed by atoms with E-state index in [0.29, 0.717) is 24.2 Å². The van der Waals surface area contributed by atoms with Crippen molar-refractivity contribution in [3.05, 3.63) is 59.2 Å². The van der Waals surface area contributed by atoms with Crippen LogP contribution in [0.15, 0.2) is 47.4 Å². The van der Waals surface area contributed by atoms with Gasteiger partial charge in [-0.05, 0) is 62.6 Å². The molecule has 1 amide bonds. The van der Waals surface area contributed by atoms with Gasteiger partial charge in [0.15, 0.2) is 0 Å². The zero-order valence-corrected chi connectivity index (χ0v) is 16.1. The van der Waals surface area contributed by atoms with Crippen molar-refractivity contribution in [2.45, 2.75) is 44.6 Å². The van der Waals surface area contributed by atoms with Crippen LogP contribution in [0, 0.1) is 6.92 Å². The number of amides is 1. The zero-order valence-electron chi connectivity index (χ0n) is 15.3. The Balaban J connectivity index is 1.95. The number of nitrogens with zero attached hydrogens (tertiary/aromatic N) is 1. The van der Waals surface area contributed by atoms with Crippen LogP contribution in [0.1, 0.15) is 41.8 Å². The van der Waals surface area contributed by atoms with Gasteiger partial charge >= 0.3 is 0 Å². The number of benzene rings is 2. The second-order valence-electron chi connectivity index (χ2n) is 6.77. The van der Waals surface area contributed by atoms with E-state index in [4.69, 9.17) is 0 Å². The topological polar surface area (TPSA) is 66.5 Å². The lowest BCUT2D eigenvalue weighted by molar-refractivity contribution is 0.0953. The lowest BCUT2D eigenvalue weighted by atomic mass is 10.1. The second kappa shape index (κ2) is 7.11. The minimum atomic E-state index is -3.63. The molecule has 0 aliphatic carbocycles. The highest BCUT2D eigenvalue weighted by atomic mass is 32.2. The smallest absolute Gasteiger partial charge is 0.264 e. The zero-order chi connectivity index (χ0) is 18.9. The van der Waals surface area contributed by atoms with Crippen molar-refractivity contribution < 1.29 is 13.2 Å². The molecule has 1 aliphatic rings. The van der Waals surface area contributed by atoms with Crippen LogP contribution < -0.4 is 9.62 Å². The van der Waals surface area contributed by atoms with Gasteiger partial charge in [-0.15, -0.1) is 0 Å². The number of anilines is 1. The quantitative estimate of drug-likeness (QED) is 0.876. The molecule has 0 radical (unpaired) electrons. The molecule has 3 rings (SSSR count). The van der Waals surface area contributed by atoms with E-state index in [2.05, 4.69) is 5.32 Å². The minimum Gasteiger partial charge on any atom is -0.352 e. The summed E-state index contributed by atoms with van der Waals surface area (Å²) in [5.74, 6) is -0.123. The molecule has 6 heteroatoms. The molecule has 5 nitrogen and oxygen atoms in total. The average Bonchev–Trinajstić information content (AvgIpc) is 2.95. The van der Waals surface area contributed by atoms with Crippen LogP contribution in [0.5, 0.6) is 0 Å². The van der Waals surface area contributed by atoms with Crippen molar-refractivity contribution in [1.29, 1.82) is 0 Å². The number of nitrogens with one attached hydrogen (secondary N) is 1. The normalized spacial score (nSPS) is 16.4. The Morgan fingerprint density at radius 2 is 1.88 bits per heavy atom. The lowest BCUT2D eigenvalue weighted by Crippen LogP contribution is -2.35. The number of hydrogen-bond donors (Lipinski definition) is 1. The number of rotatable bonds is 5. The molecule has 0 unspecified atom stereocenters. The molecule has 0 fully saturated rings. The largest absolute Gasteiger partial charge is 0.352 e. The first-order valence-corrected chi connectivity index (χ1v) is 10.3. The van der Waals surface area contributed by atoms with Gasteiger partial charge in [-0.25, -0.2) is 8.42 Å². The van der Waals surface area contributed by atoms with Crippen LogP contribution in [0.4, 0.5) is 5.69 Å². The summed E-state index contributed by atoms with van der Waals surface area (Å²) in [6.07, 6.45) is 1.46. The third-order valence-corrected chi connectivity index (χ3v) is 6.55. The Kier molecular flexibility index (Phi) is 5.05. The Morgan fingerprint density at radius 1 is 1.19 bits per heavy atom. The van der Waals surface area contributed by atoms with E-state index in [9.17, 15) is 13.2 Å². The van der Waals surface area contributed by atoms with Crippen LogP contribution in [0.2, 0.25) is 0 Å². The van der Waals surface area contributed by atoms with Gasteiger partial charge in [-0.2, -0.15) is 0 Å². The Hall–Kier alpha value is -2.34. The van der Waals surface area contributed by atoms with E-state index < -0.39 is 10.0 Å². The molecule has 138 valence electrons. The molecule has 0 saturated carbocycles. The fourth-order valence-electron chi connectivity index (χ4n) is 3.27. The van der Waals surface area contributed by atoms with Crippen molar-refractivity contribution in [3.63, 3.8) is 0 Å². The van der Waals surface area contributed by atoms with E-state index in [1.54, 1.807) is 36.4 Å². The fourth-order valence-corrected chi connectivity index (χ4v) is 4.97. The van der Waals surface area contributed by atoms with Gasteiger partial charge in [0.1, 0.15) is 0 Å². The van der Waals surface area contributed by atoms with Crippen molar-refractivity contribution in [3.8, 4) is 0 Å². The van der Waals surface area contributed by atoms with Gasteiger partial charge in [0, 0.05) is 18.2 Å². The van der Waals surface area contributed by atoms with E-state index in [1.807, 2.05) is 26.8 Å². The molecular formula is C20H24N2O3S. The maximum atomic E-state index is 13.1. The molecule has 0 saturated heterocycles. The molecule has 1 N–H and O–H groups in total. The molecule has 1 atom stereocenters. The summed E-state index contributed by atoms with van der Waals surface area (Å²) in [7, 11) is -3.63. The van der Waals surface area contributed by atoms with Crippen LogP contribution in [-0.2, 0) is 16.4 Å².